The molecule has 1 saturated heterocycles. The number of nitrogens with zero attached hydrogens (tertiary/aromatic N) is 3. The van der Waals surface area contributed by atoms with Crippen molar-refractivity contribution < 1.29 is 14.3 Å². The molecule has 3 aromatic carbocycles. The summed E-state index contributed by atoms with van der Waals surface area (Å²) in [7, 11) is 0. The van der Waals surface area contributed by atoms with Crippen LogP contribution in [0.2, 0.25) is 0 Å². The second-order valence-corrected chi connectivity index (χ2v) is 10.1. The fourth-order valence-corrected chi connectivity index (χ4v) is 6.04. The normalized spacial score (nSPS) is 19.3. The molecule has 1 amide bonds. The molecule has 1 aromatic heterocycles. The number of para-hydroxylation sites is 1. The molecule has 0 saturated carbocycles. The summed E-state index contributed by atoms with van der Waals surface area (Å²) in [5, 5.41) is 1.28. The van der Waals surface area contributed by atoms with E-state index in [4.69, 9.17) is 9.47 Å². The molecule has 1 fully saturated rings. The third kappa shape index (κ3) is 4.00. The molecule has 1 unspecified atom stereocenters. The van der Waals surface area contributed by atoms with Crippen LogP contribution < -0.4 is 19.3 Å². The molecule has 7 rings (SSSR count). The Morgan fingerprint density at radius 1 is 0.892 bits per heavy atom. The number of aryl methyl sites for hydroxylation is 1. The average molecular weight is 495 g/mol. The highest BCUT2D eigenvalue weighted by Gasteiger charge is 2.34. The fourth-order valence-electron chi connectivity index (χ4n) is 6.04. The van der Waals surface area contributed by atoms with Crippen molar-refractivity contribution in [2.45, 2.75) is 18.9 Å². The number of amides is 1. The van der Waals surface area contributed by atoms with Gasteiger partial charge in [0.15, 0.2) is 11.5 Å². The zero-order valence-electron chi connectivity index (χ0n) is 20.7. The summed E-state index contributed by atoms with van der Waals surface area (Å²) >= 11 is 0. The lowest BCUT2D eigenvalue weighted by molar-refractivity contribution is 0.0962. The van der Waals surface area contributed by atoms with E-state index < -0.39 is 0 Å². The van der Waals surface area contributed by atoms with Crippen LogP contribution in [0.5, 0.6) is 11.5 Å². The largest absolute Gasteiger partial charge is 0.454 e. The van der Waals surface area contributed by atoms with E-state index in [0.29, 0.717) is 17.1 Å². The Morgan fingerprint density at radius 3 is 2.65 bits per heavy atom. The molecule has 4 aromatic rings. The number of piperazine rings is 1. The monoisotopic (exact) mass is 494 g/mol. The van der Waals surface area contributed by atoms with Crippen LogP contribution >= 0.6 is 0 Å². The lowest BCUT2D eigenvalue weighted by Crippen LogP contribution is -2.54. The molecule has 1 atom stereocenters. The Balaban J connectivity index is 1.11. The van der Waals surface area contributed by atoms with E-state index in [1.54, 1.807) is 0 Å². The van der Waals surface area contributed by atoms with Crippen LogP contribution in [0.15, 0.2) is 72.9 Å². The first-order valence-corrected chi connectivity index (χ1v) is 13.1. The summed E-state index contributed by atoms with van der Waals surface area (Å²) in [4.78, 5) is 24.3. The van der Waals surface area contributed by atoms with Gasteiger partial charge in [0, 0.05) is 66.8 Å². The summed E-state index contributed by atoms with van der Waals surface area (Å²) in [5.74, 6) is 1.36. The van der Waals surface area contributed by atoms with Gasteiger partial charge in [-0.3, -0.25) is 9.69 Å². The molecule has 7 heteroatoms. The minimum absolute atomic E-state index is 0.0215. The van der Waals surface area contributed by atoms with Crippen LogP contribution in [0.1, 0.15) is 22.3 Å². The Labute approximate surface area is 216 Å². The first kappa shape index (κ1) is 22.2. The van der Waals surface area contributed by atoms with E-state index in [9.17, 15) is 4.79 Å². The maximum absolute atomic E-state index is 14.0. The third-order valence-corrected chi connectivity index (χ3v) is 7.96. The van der Waals surface area contributed by atoms with Crippen molar-refractivity contribution in [3.63, 3.8) is 0 Å². The van der Waals surface area contributed by atoms with Crippen LogP contribution in [0.4, 0.5) is 11.4 Å². The molecule has 0 bridgehead atoms. The number of hydrogen-bond acceptors (Lipinski definition) is 5. The van der Waals surface area contributed by atoms with E-state index >= 15 is 0 Å². The van der Waals surface area contributed by atoms with Gasteiger partial charge in [0.1, 0.15) is 0 Å². The van der Waals surface area contributed by atoms with Gasteiger partial charge in [0.05, 0.1) is 6.04 Å². The van der Waals surface area contributed by atoms with E-state index in [2.05, 4.69) is 57.2 Å². The first-order chi connectivity index (χ1) is 18.2. The summed E-state index contributed by atoms with van der Waals surface area (Å²) in [6.07, 6.45) is 3.95. The van der Waals surface area contributed by atoms with Crippen molar-refractivity contribution in [1.82, 2.24) is 9.88 Å². The number of H-pyrrole nitrogens is 1. The summed E-state index contributed by atoms with van der Waals surface area (Å²) in [5.41, 5.74) is 5.37. The van der Waals surface area contributed by atoms with Gasteiger partial charge >= 0.3 is 0 Å². The molecule has 7 nitrogen and oxygen atoms in total. The van der Waals surface area contributed by atoms with Crippen LogP contribution in [0.3, 0.4) is 0 Å². The summed E-state index contributed by atoms with van der Waals surface area (Å²) < 4.78 is 11.0. The van der Waals surface area contributed by atoms with Gasteiger partial charge < -0.3 is 24.3 Å². The molecule has 1 N–H and O–H groups in total. The lowest BCUT2D eigenvalue weighted by Gasteiger charge is -2.42. The van der Waals surface area contributed by atoms with Crippen LogP contribution in [0, 0.1) is 0 Å². The second-order valence-electron chi connectivity index (χ2n) is 10.1. The number of aromatic nitrogens is 1. The molecule has 3 aliphatic rings. The number of fused-ring (bicyclic) bond motifs is 3. The number of benzene rings is 3. The minimum Gasteiger partial charge on any atom is -0.454 e. The molecule has 188 valence electrons. The minimum atomic E-state index is 0.0215. The standard InChI is InChI=1S/C30H30N4O3/c35-30(22-9-11-28-29(18-22)37-20-36-28)34-23(10-8-21-4-1-2-6-26(21)34)19-32-14-16-33(17-15-32)27-7-3-5-25-24(27)12-13-31-25/h1-7,9,11-13,18,23,31H,8,10,14-17,19-20H2. The SMILES string of the molecule is O=C(c1ccc2c(c1)OCO2)N1c2ccccc2CCC1CN1CCN(c2cccc3[nH]ccc23)CC1. The van der Waals surface area contributed by atoms with E-state index in [1.165, 1.54) is 22.2 Å². The third-order valence-electron chi connectivity index (χ3n) is 7.96. The molecular weight excluding hydrogens is 464 g/mol. The number of rotatable bonds is 4. The molecule has 0 spiro atoms. The Bertz CT molecular complexity index is 1460. The maximum Gasteiger partial charge on any atom is 0.258 e. The van der Waals surface area contributed by atoms with Crippen molar-refractivity contribution in [3.05, 3.63) is 84.1 Å². The smallest absolute Gasteiger partial charge is 0.258 e. The maximum atomic E-state index is 14.0. The predicted octanol–water partition coefficient (Wildman–Crippen LogP) is 4.68. The summed E-state index contributed by atoms with van der Waals surface area (Å²) in [6, 6.07) is 22.6. The number of hydrogen-bond donors (Lipinski definition) is 1. The van der Waals surface area contributed by atoms with Gasteiger partial charge in [-0.2, -0.15) is 0 Å². The average Bonchev–Trinajstić information content (AvgIpc) is 3.62. The van der Waals surface area contributed by atoms with Crippen molar-refractivity contribution >= 4 is 28.2 Å². The van der Waals surface area contributed by atoms with Gasteiger partial charge in [-0.25, -0.2) is 0 Å². The van der Waals surface area contributed by atoms with Crippen molar-refractivity contribution in [1.29, 1.82) is 0 Å². The van der Waals surface area contributed by atoms with Crippen LogP contribution in [-0.2, 0) is 6.42 Å². The quantitative estimate of drug-likeness (QED) is 0.446. The predicted molar refractivity (Wildman–Crippen MR) is 145 cm³/mol. The highest BCUT2D eigenvalue weighted by molar-refractivity contribution is 6.07. The van der Waals surface area contributed by atoms with Gasteiger partial charge in [0.2, 0.25) is 6.79 Å². The molecule has 3 aliphatic heterocycles. The molecule has 0 aliphatic carbocycles. The number of anilines is 2. The topological polar surface area (TPSA) is 61.0 Å². The van der Waals surface area contributed by atoms with Crippen molar-refractivity contribution in [3.8, 4) is 11.5 Å². The van der Waals surface area contributed by atoms with Gasteiger partial charge in [-0.05, 0) is 60.9 Å². The Morgan fingerprint density at radius 2 is 1.73 bits per heavy atom. The lowest BCUT2D eigenvalue weighted by atomic mass is 9.94. The Hall–Kier alpha value is -3.97. The Kier molecular flexibility index (Phi) is 5.51. The highest BCUT2D eigenvalue weighted by atomic mass is 16.7. The number of carbonyl (C=O) groups is 1. The zero-order chi connectivity index (χ0) is 24.8. The number of carbonyl (C=O) groups excluding carboxylic acids is 1. The zero-order valence-corrected chi connectivity index (χ0v) is 20.7. The summed E-state index contributed by atoms with van der Waals surface area (Å²) in [6.45, 7) is 4.98. The molecule has 4 heterocycles. The second kappa shape index (κ2) is 9.16. The van der Waals surface area contributed by atoms with E-state index in [1.807, 2.05) is 35.4 Å². The van der Waals surface area contributed by atoms with E-state index in [-0.39, 0.29) is 18.7 Å². The number of nitrogens with one attached hydrogen (secondary N) is 1. The van der Waals surface area contributed by atoms with Crippen LogP contribution in [-0.4, -0.2) is 61.3 Å². The first-order valence-electron chi connectivity index (χ1n) is 13.1. The fraction of sp³-hybridized carbons (Fsp3) is 0.300. The van der Waals surface area contributed by atoms with Crippen molar-refractivity contribution in [2.24, 2.45) is 0 Å². The van der Waals surface area contributed by atoms with Crippen LogP contribution in [0.25, 0.3) is 10.9 Å². The van der Waals surface area contributed by atoms with Gasteiger partial charge in [0.25, 0.3) is 5.91 Å². The van der Waals surface area contributed by atoms with Gasteiger partial charge in [-0.15, -0.1) is 0 Å². The number of ether oxygens (including phenoxy) is 2. The molecular formula is C30H30N4O3. The highest BCUT2D eigenvalue weighted by Crippen LogP contribution is 2.36. The van der Waals surface area contributed by atoms with E-state index in [0.717, 1.165) is 51.3 Å². The molecule has 37 heavy (non-hydrogen) atoms. The van der Waals surface area contributed by atoms with Gasteiger partial charge in [-0.1, -0.05) is 24.3 Å². The van der Waals surface area contributed by atoms with Crippen molar-refractivity contribution in [2.75, 3.05) is 49.3 Å². The number of aromatic amines is 1. The molecule has 0 radical (unpaired) electrons.